The number of benzene rings is 1. The second-order valence-corrected chi connectivity index (χ2v) is 6.91. The lowest BCUT2D eigenvalue weighted by molar-refractivity contribution is 0.879. The highest BCUT2D eigenvalue weighted by Crippen LogP contribution is 2.30. The summed E-state index contributed by atoms with van der Waals surface area (Å²) in [7, 11) is 0. The van der Waals surface area contributed by atoms with Crippen molar-refractivity contribution in [3.8, 4) is 0 Å². The second kappa shape index (κ2) is 6.89. The number of nitrogens with one attached hydrogen (secondary N) is 1. The van der Waals surface area contributed by atoms with E-state index in [0.29, 0.717) is 0 Å². The number of thioether (sulfide) groups is 1. The van der Waals surface area contributed by atoms with Crippen molar-refractivity contribution in [1.82, 2.24) is 14.6 Å². The molecule has 1 N–H and O–H groups in total. The van der Waals surface area contributed by atoms with Crippen molar-refractivity contribution >= 4 is 50.6 Å². The minimum Gasteiger partial charge on any atom is -0.361 e. The zero-order valence-electron chi connectivity index (χ0n) is 11.8. The number of hydrogen-bond acceptors (Lipinski definition) is 4. The molecule has 1 atom stereocenters. The van der Waals surface area contributed by atoms with Gasteiger partial charge in [-0.3, -0.25) is 0 Å². The van der Waals surface area contributed by atoms with Gasteiger partial charge in [-0.15, -0.1) is 0 Å². The Hall–Kier alpha value is -1.24. The first-order valence-electron chi connectivity index (χ1n) is 6.68. The molecular formula is C15H14BrClN4S. The molecule has 0 amide bonds. The molecule has 114 valence electrons. The zero-order chi connectivity index (χ0) is 15.5. The third-order valence-corrected chi connectivity index (χ3v) is 4.90. The maximum atomic E-state index is 6.35. The van der Waals surface area contributed by atoms with E-state index in [-0.39, 0.29) is 6.04 Å². The molecule has 0 aliphatic carbocycles. The summed E-state index contributed by atoms with van der Waals surface area (Å²) < 4.78 is 2.70. The van der Waals surface area contributed by atoms with Crippen molar-refractivity contribution in [2.45, 2.75) is 6.04 Å². The molecule has 0 saturated heterocycles. The Morgan fingerprint density at radius 3 is 3.00 bits per heavy atom. The van der Waals surface area contributed by atoms with E-state index < -0.39 is 0 Å². The molecule has 0 aliphatic heterocycles. The van der Waals surface area contributed by atoms with E-state index >= 15 is 0 Å². The van der Waals surface area contributed by atoms with E-state index in [4.69, 9.17) is 11.6 Å². The zero-order valence-corrected chi connectivity index (χ0v) is 15.0. The molecule has 3 rings (SSSR count). The molecule has 0 bridgehead atoms. The average molecular weight is 398 g/mol. The number of aromatic nitrogens is 3. The van der Waals surface area contributed by atoms with E-state index in [1.165, 1.54) is 0 Å². The fourth-order valence-corrected chi connectivity index (χ4v) is 3.64. The topological polar surface area (TPSA) is 42.2 Å². The summed E-state index contributed by atoms with van der Waals surface area (Å²) in [5, 5.41) is 8.54. The van der Waals surface area contributed by atoms with Gasteiger partial charge in [0, 0.05) is 23.2 Å². The Balaban J connectivity index is 2.00. The molecule has 7 heteroatoms. The minimum absolute atomic E-state index is 0.0733. The van der Waals surface area contributed by atoms with Crippen molar-refractivity contribution in [2.75, 3.05) is 17.3 Å². The summed E-state index contributed by atoms with van der Waals surface area (Å²) in [5.74, 6) is 1.67. The first-order chi connectivity index (χ1) is 10.7. The molecule has 22 heavy (non-hydrogen) atoms. The Labute approximate surface area is 146 Å². The Bertz CT molecular complexity index is 792. The molecule has 4 nitrogen and oxygen atoms in total. The Kier molecular flexibility index (Phi) is 4.90. The van der Waals surface area contributed by atoms with Gasteiger partial charge < -0.3 is 5.32 Å². The van der Waals surface area contributed by atoms with Crippen LogP contribution in [0.5, 0.6) is 0 Å². The number of hydrogen-bond donors (Lipinski definition) is 1. The lowest BCUT2D eigenvalue weighted by Gasteiger charge is -2.20. The predicted molar refractivity (Wildman–Crippen MR) is 96.9 cm³/mol. The number of rotatable bonds is 5. The predicted octanol–water partition coefficient (Wildman–Crippen LogP) is 4.66. The maximum Gasteiger partial charge on any atom is 0.153 e. The molecule has 0 radical (unpaired) electrons. The van der Waals surface area contributed by atoms with Gasteiger partial charge in [0.15, 0.2) is 5.82 Å². The fourth-order valence-electron chi connectivity index (χ4n) is 2.31. The second-order valence-electron chi connectivity index (χ2n) is 4.74. The number of anilines is 1. The molecule has 0 saturated carbocycles. The molecule has 1 unspecified atom stereocenters. The van der Waals surface area contributed by atoms with Crippen LogP contribution < -0.4 is 5.32 Å². The summed E-state index contributed by atoms with van der Waals surface area (Å²) in [4.78, 5) is 4.46. The van der Waals surface area contributed by atoms with Gasteiger partial charge in [-0.2, -0.15) is 16.9 Å². The van der Waals surface area contributed by atoms with Gasteiger partial charge in [0.2, 0.25) is 0 Å². The van der Waals surface area contributed by atoms with Gasteiger partial charge in [0.25, 0.3) is 0 Å². The third-order valence-electron chi connectivity index (χ3n) is 3.31. The van der Waals surface area contributed by atoms with Crippen LogP contribution in [-0.4, -0.2) is 26.6 Å². The highest BCUT2D eigenvalue weighted by Gasteiger charge is 2.17. The lowest BCUT2D eigenvalue weighted by Crippen LogP contribution is -2.15. The summed E-state index contributed by atoms with van der Waals surface area (Å²) in [6.07, 6.45) is 7.40. The van der Waals surface area contributed by atoms with Crippen LogP contribution in [0.2, 0.25) is 5.02 Å². The fraction of sp³-hybridized carbons (Fsp3) is 0.200. The molecule has 0 fully saturated rings. The summed E-state index contributed by atoms with van der Waals surface area (Å²) >= 11 is 11.6. The van der Waals surface area contributed by atoms with Crippen LogP contribution in [0.3, 0.4) is 0 Å². The van der Waals surface area contributed by atoms with E-state index in [9.17, 15) is 0 Å². The Morgan fingerprint density at radius 2 is 2.23 bits per heavy atom. The van der Waals surface area contributed by atoms with E-state index in [2.05, 4.69) is 37.6 Å². The molecule has 0 spiro atoms. The normalized spacial score (nSPS) is 12.5. The van der Waals surface area contributed by atoms with Crippen molar-refractivity contribution in [2.24, 2.45) is 0 Å². The van der Waals surface area contributed by atoms with Gasteiger partial charge in [-0.05, 0) is 33.8 Å². The van der Waals surface area contributed by atoms with Gasteiger partial charge >= 0.3 is 0 Å². The number of halogens is 2. The average Bonchev–Trinajstić information content (AvgIpc) is 2.90. The van der Waals surface area contributed by atoms with Crippen molar-refractivity contribution in [3.05, 3.63) is 57.9 Å². The SMILES string of the molecule is CSCC(Nc1nccn2ncc(Br)c12)c1ccccc1Cl. The molecule has 1 aromatic carbocycles. The quantitative estimate of drug-likeness (QED) is 0.680. The van der Waals surface area contributed by atoms with Crippen LogP contribution >= 0.6 is 39.3 Å². The first-order valence-corrected chi connectivity index (χ1v) is 9.25. The van der Waals surface area contributed by atoms with Gasteiger partial charge in [-0.1, -0.05) is 29.8 Å². The molecule has 2 aromatic heterocycles. The smallest absolute Gasteiger partial charge is 0.153 e. The summed E-state index contributed by atoms with van der Waals surface area (Å²) in [5.41, 5.74) is 1.98. The lowest BCUT2D eigenvalue weighted by atomic mass is 10.1. The van der Waals surface area contributed by atoms with Crippen LogP contribution in [0.4, 0.5) is 5.82 Å². The first kappa shape index (κ1) is 15.6. The van der Waals surface area contributed by atoms with Crippen molar-refractivity contribution < 1.29 is 0 Å². The summed E-state index contributed by atoms with van der Waals surface area (Å²) in [6, 6.07) is 7.97. The van der Waals surface area contributed by atoms with Gasteiger partial charge in [0.05, 0.1) is 16.7 Å². The standard InChI is InChI=1S/C15H14BrClN4S/c1-22-9-13(10-4-2-3-5-12(10)17)20-15-14-11(16)8-19-21(14)7-6-18-15/h2-8,13H,9H2,1H3,(H,18,20). The van der Waals surface area contributed by atoms with Gasteiger partial charge in [0.1, 0.15) is 5.52 Å². The Morgan fingerprint density at radius 1 is 1.41 bits per heavy atom. The van der Waals surface area contributed by atoms with Crippen molar-refractivity contribution in [3.63, 3.8) is 0 Å². The van der Waals surface area contributed by atoms with Crippen LogP contribution in [0.25, 0.3) is 5.52 Å². The van der Waals surface area contributed by atoms with E-state index in [1.807, 2.05) is 30.5 Å². The molecule has 2 heterocycles. The molecule has 3 aromatic rings. The number of nitrogens with zero attached hydrogens (tertiary/aromatic N) is 3. The highest BCUT2D eigenvalue weighted by molar-refractivity contribution is 9.10. The maximum absolute atomic E-state index is 6.35. The van der Waals surface area contributed by atoms with Crippen LogP contribution in [-0.2, 0) is 0 Å². The minimum atomic E-state index is 0.0733. The monoisotopic (exact) mass is 396 g/mol. The van der Waals surface area contributed by atoms with E-state index in [0.717, 1.165) is 32.1 Å². The van der Waals surface area contributed by atoms with Crippen molar-refractivity contribution in [1.29, 1.82) is 0 Å². The third kappa shape index (κ3) is 3.09. The highest BCUT2D eigenvalue weighted by atomic mass is 79.9. The van der Waals surface area contributed by atoms with Crippen LogP contribution in [0, 0.1) is 0 Å². The van der Waals surface area contributed by atoms with E-state index in [1.54, 1.807) is 28.7 Å². The largest absolute Gasteiger partial charge is 0.361 e. The molecular weight excluding hydrogens is 384 g/mol. The molecule has 0 aliphatic rings. The summed E-state index contributed by atoms with van der Waals surface area (Å²) in [6.45, 7) is 0. The van der Waals surface area contributed by atoms with Crippen LogP contribution in [0.15, 0.2) is 47.3 Å². The van der Waals surface area contributed by atoms with Crippen LogP contribution in [0.1, 0.15) is 11.6 Å². The number of fused-ring (bicyclic) bond motifs is 1. The van der Waals surface area contributed by atoms with Gasteiger partial charge in [-0.25, -0.2) is 9.50 Å².